The highest BCUT2D eigenvalue weighted by Crippen LogP contribution is 2.17. The molecule has 0 heterocycles. The molecule has 6 nitrogen and oxygen atoms in total. The van der Waals surface area contributed by atoms with Gasteiger partial charge in [-0.2, -0.15) is 0 Å². The van der Waals surface area contributed by atoms with E-state index in [1.54, 1.807) is 0 Å². The fraction of sp³-hybridized carbons (Fsp3) is 0.915. The fourth-order valence-corrected chi connectivity index (χ4v) is 8.85. The summed E-state index contributed by atoms with van der Waals surface area (Å²) in [4.78, 5) is 38.1. The summed E-state index contributed by atoms with van der Waals surface area (Å²) in [5, 5.41) is 0. The van der Waals surface area contributed by atoms with E-state index in [1.807, 2.05) is 0 Å². The van der Waals surface area contributed by atoms with E-state index >= 15 is 0 Å². The van der Waals surface area contributed by atoms with Gasteiger partial charge in [0, 0.05) is 19.3 Å². The number of carbonyl (C=O) groups is 3. The summed E-state index contributed by atoms with van der Waals surface area (Å²) >= 11 is 0. The molecule has 65 heavy (non-hydrogen) atoms. The molecule has 0 saturated carbocycles. The van der Waals surface area contributed by atoms with Crippen molar-refractivity contribution in [3.63, 3.8) is 0 Å². The summed E-state index contributed by atoms with van der Waals surface area (Å²) in [6.45, 7) is 6.68. The molecule has 1 unspecified atom stereocenters. The van der Waals surface area contributed by atoms with Crippen LogP contribution in [-0.4, -0.2) is 37.2 Å². The lowest BCUT2D eigenvalue weighted by Crippen LogP contribution is -2.30. The normalized spacial score (nSPS) is 12.0. The Morgan fingerprint density at radius 1 is 0.292 bits per heavy atom. The quantitative estimate of drug-likeness (QED) is 0.0262. The molecular weight excluding hydrogens is 805 g/mol. The van der Waals surface area contributed by atoms with E-state index in [9.17, 15) is 14.4 Å². The highest BCUT2D eigenvalue weighted by atomic mass is 16.6. The van der Waals surface area contributed by atoms with Crippen LogP contribution in [0.25, 0.3) is 0 Å². The highest BCUT2D eigenvalue weighted by Gasteiger charge is 2.19. The van der Waals surface area contributed by atoms with E-state index in [4.69, 9.17) is 14.2 Å². The number of rotatable bonds is 54. The van der Waals surface area contributed by atoms with Gasteiger partial charge >= 0.3 is 17.9 Å². The van der Waals surface area contributed by atoms with Crippen LogP contribution in [0.2, 0.25) is 0 Å². The minimum absolute atomic E-state index is 0.0674. The molecule has 0 aliphatic carbocycles. The first-order chi connectivity index (χ1) is 32.0. The number of ether oxygens (including phenoxy) is 3. The van der Waals surface area contributed by atoms with E-state index in [0.29, 0.717) is 19.3 Å². The van der Waals surface area contributed by atoms with Gasteiger partial charge < -0.3 is 14.2 Å². The van der Waals surface area contributed by atoms with Crippen molar-refractivity contribution in [3.8, 4) is 0 Å². The van der Waals surface area contributed by atoms with Crippen LogP contribution < -0.4 is 0 Å². The van der Waals surface area contributed by atoms with Crippen molar-refractivity contribution in [2.75, 3.05) is 13.2 Å². The number of unbranched alkanes of at least 4 members (excludes halogenated alkanes) is 41. The van der Waals surface area contributed by atoms with E-state index in [-0.39, 0.29) is 31.1 Å². The summed E-state index contributed by atoms with van der Waals surface area (Å²) in [6.07, 6.45) is 62.0. The summed E-state index contributed by atoms with van der Waals surface area (Å²) < 4.78 is 16.9. The molecule has 6 heteroatoms. The second-order valence-corrected chi connectivity index (χ2v) is 19.9. The van der Waals surface area contributed by atoms with Crippen LogP contribution in [0.1, 0.15) is 329 Å². The van der Waals surface area contributed by atoms with Gasteiger partial charge in [0.25, 0.3) is 0 Å². The van der Waals surface area contributed by atoms with Crippen molar-refractivity contribution in [1.29, 1.82) is 0 Å². The Hall–Kier alpha value is -1.85. The van der Waals surface area contributed by atoms with Gasteiger partial charge in [-0.05, 0) is 44.9 Å². The second kappa shape index (κ2) is 54.8. The Bertz CT molecular complexity index is 1010. The van der Waals surface area contributed by atoms with Crippen LogP contribution in [0.15, 0.2) is 12.2 Å². The Kier molecular flexibility index (Phi) is 53.2. The van der Waals surface area contributed by atoms with Gasteiger partial charge in [0.2, 0.25) is 0 Å². The minimum Gasteiger partial charge on any atom is -0.462 e. The van der Waals surface area contributed by atoms with Crippen molar-refractivity contribution < 1.29 is 28.6 Å². The molecule has 0 radical (unpaired) electrons. The number of esters is 3. The van der Waals surface area contributed by atoms with Crippen LogP contribution in [-0.2, 0) is 28.6 Å². The van der Waals surface area contributed by atoms with Crippen molar-refractivity contribution in [2.24, 2.45) is 0 Å². The molecule has 0 fully saturated rings. The zero-order chi connectivity index (χ0) is 47.2. The van der Waals surface area contributed by atoms with E-state index in [1.165, 1.54) is 225 Å². The zero-order valence-corrected chi connectivity index (χ0v) is 44.0. The topological polar surface area (TPSA) is 78.9 Å². The first kappa shape index (κ1) is 63.1. The van der Waals surface area contributed by atoms with Gasteiger partial charge in [-0.3, -0.25) is 14.4 Å². The Balaban J connectivity index is 4.27. The van der Waals surface area contributed by atoms with Crippen LogP contribution >= 0.6 is 0 Å². The molecule has 0 saturated heterocycles. The van der Waals surface area contributed by atoms with Crippen molar-refractivity contribution in [2.45, 2.75) is 335 Å². The lowest BCUT2D eigenvalue weighted by Gasteiger charge is -2.18. The SMILES string of the molecule is CCCCCCC/C=C\CCCCCCCC(=O)OC(COC(=O)CCCCCCCCCCCCCCC)COC(=O)CCCCCCCCCCCCCCCCCCCCCC. The van der Waals surface area contributed by atoms with Crippen molar-refractivity contribution >= 4 is 17.9 Å². The summed E-state index contributed by atoms with van der Waals surface area (Å²) in [6, 6.07) is 0. The molecule has 0 aromatic heterocycles. The van der Waals surface area contributed by atoms with Crippen LogP contribution in [0.5, 0.6) is 0 Å². The van der Waals surface area contributed by atoms with Crippen LogP contribution in [0.3, 0.4) is 0 Å². The molecule has 384 valence electrons. The predicted octanol–water partition coefficient (Wildman–Crippen LogP) is 19.3. The Morgan fingerprint density at radius 3 is 0.769 bits per heavy atom. The van der Waals surface area contributed by atoms with E-state index < -0.39 is 6.10 Å². The first-order valence-electron chi connectivity index (χ1n) is 29.2. The van der Waals surface area contributed by atoms with Gasteiger partial charge in [0.15, 0.2) is 6.10 Å². The summed E-state index contributed by atoms with van der Waals surface area (Å²) in [5.74, 6) is -0.852. The monoisotopic (exact) mass is 917 g/mol. The molecular formula is C59H112O6. The largest absolute Gasteiger partial charge is 0.462 e. The van der Waals surface area contributed by atoms with Crippen molar-refractivity contribution in [3.05, 3.63) is 12.2 Å². The third-order valence-electron chi connectivity index (χ3n) is 13.3. The smallest absolute Gasteiger partial charge is 0.306 e. The van der Waals surface area contributed by atoms with E-state index in [2.05, 4.69) is 32.9 Å². The maximum Gasteiger partial charge on any atom is 0.306 e. The first-order valence-corrected chi connectivity index (χ1v) is 29.2. The Morgan fingerprint density at radius 2 is 0.508 bits per heavy atom. The fourth-order valence-electron chi connectivity index (χ4n) is 8.85. The number of carbonyl (C=O) groups excluding carboxylic acids is 3. The lowest BCUT2D eigenvalue weighted by atomic mass is 10.0. The van der Waals surface area contributed by atoms with Crippen LogP contribution in [0, 0.1) is 0 Å². The number of hydrogen-bond acceptors (Lipinski definition) is 6. The van der Waals surface area contributed by atoms with Crippen LogP contribution in [0.4, 0.5) is 0 Å². The third-order valence-corrected chi connectivity index (χ3v) is 13.3. The molecule has 0 aromatic carbocycles. The lowest BCUT2D eigenvalue weighted by molar-refractivity contribution is -0.167. The van der Waals surface area contributed by atoms with Gasteiger partial charge in [-0.15, -0.1) is 0 Å². The molecule has 0 N–H and O–H groups in total. The minimum atomic E-state index is -0.768. The highest BCUT2D eigenvalue weighted by molar-refractivity contribution is 5.71. The summed E-state index contributed by atoms with van der Waals surface area (Å²) in [7, 11) is 0. The Labute approximate surface area is 405 Å². The molecule has 0 aromatic rings. The van der Waals surface area contributed by atoms with Gasteiger partial charge in [-0.1, -0.05) is 277 Å². The van der Waals surface area contributed by atoms with Crippen molar-refractivity contribution in [1.82, 2.24) is 0 Å². The van der Waals surface area contributed by atoms with Gasteiger partial charge in [0.05, 0.1) is 0 Å². The predicted molar refractivity (Wildman–Crippen MR) is 280 cm³/mol. The molecule has 0 aliphatic rings. The maximum absolute atomic E-state index is 12.8. The molecule has 0 amide bonds. The molecule has 0 aliphatic heterocycles. The molecule has 0 rings (SSSR count). The van der Waals surface area contributed by atoms with E-state index in [0.717, 1.165) is 64.2 Å². The molecule has 0 spiro atoms. The maximum atomic E-state index is 12.8. The second-order valence-electron chi connectivity index (χ2n) is 19.9. The standard InChI is InChI=1S/C59H112O6/c1-4-7-10-13-16-19-22-25-27-28-29-30-31-32-35-37-40-43-46-49-52-58(61)64-55-56(54-63-57(60)51-48-45-42-39-36-33-24-21-18-15-12-9-6-3)65-59(62)53-50-47-44-41-38-34-26-23-20-17-14-11-8-5-2/h23,26,56H,4-22,24-25,27-55H2,1-3H3/b26-23-. The average molecular weight is 918 g/mol. The zero-order valence-electron chi connectivity index (χ0n) is 44.0. The number of allylic oxidation sites excluding steroid dienone is 2. The molecule has 0 bridgehead atoms. The third kappa shape index (κ3) is 53.0. The summed E-state index contributed by atoms with van der Waals surface area (Å²) in [5.41, 5.74) is 0. The van der Waals surface area contributed by atoms with Gasteiger partial charge in [-0.25, -0.2) is 0 Å². The van der Waals surface area contributed by atoms with Gasteiger partial charge in [0.1, 0.15) is 13.2 Å². The average Bonchev–Trinajstić information content (AvgIpc) is 3.30. The molecule has 1 atom stereocenters. The number of hydrogen-bond donors (Lipinski definition) is 0.